The molecule has 2 nitrogen and oxygen atoms in total. The molecule has 2 heteroatoms. The lowest BCUT2D eigenvalue weighted by Gasteiger charge is -2.35. The Kier molecular flexibility index (Phi) is 2.50. The molecule has 16 heavy (non-hydrogen) atoms. The van der Waals surface area contributed by atoms with Gasteiger partial charge in [-0.3, -0.25) is 0 Å². The van der Waals surface area contributed by atoms with Crippen molar-refractivity contribution >= 4 is 5.69 Å². The molecular weight excluding hydrogens is 196 g/mol. The molecule has 0 atom stereocenters. The zero-order valence-corrected chi connectivity index (χ0v) is 10.7. The molecule has 1 aliphatic carbocycles. The van der Waals surface area contributed by atoms with Gasteiger partial charge in [-0.15, -0.1) is 0 Å². The molecule has 2 rings (SSSR count). The Morgan fingerprint density at radius 3 is 2.25 bits per heavy atom. The monoisotopic (exact) mass is 218 g/mol. The van der Waals surface area contributed by atoms with Gasteiger partial charge in [0.05, 0.1) is 0 Å². The molecule has 0 aliphatic heterocycles. The number of benzene rings is 1. The Hall–Kier alpha value is -1.02. The van der Waals surface area contributed by atoms with Gasteiger partial charge in [0.1, 0.15) is 0 Å². The summed E-state index contributed by atoms with van der Waals surface area (Å²) in [4.78, 5) is 2.17. The summed E-state index contributed by atoms with van der Waals surface area (Å²) in [6.45, 7) is 4.53. The molecule has 0 aromatic heterocycles. The first kappa shape index (κ1) is 11.5. The first-order valence-electron chi connectivity index (χ1n) is 5.94. The zero-order valence-electron chi connectivity index (χ0n) is 10.7. The largest absolute Gasteiger partial charge is 0.377 e. The average molecular weight is 218 g/mol. The molecule has 0 heterocycles. The van der Waals surface area contributed by atoms with Crippen LogP contribution < -0.4 is 10.6 Å². The summed E-state index contributed by atoms with van der Waals surface area (Å²) in [5, 5.41) is 0. The third-order valence-electron chi connectivity index (χ3n) is 4.09. The van der Waals surface area contributed by atoms with E-state index in [4.69, 9.17) is 5.73 Å². The van der Waals surface area contributed by atoms with Crippen LogP contribution in [0, 0.1) is 0 Å². The van der Waals surface area contributed by atoms with E-state index < -0.39 is 0 Å². The second-order valence-electron chi connectivity index (χ2n) is 5.69. The van der Waals surface area contributed by atoms with E-state index in [1.54, 1.807) is 0 Å². The van der Waals surface area contributed by atoms with Gasteiger partial charge in [-0.2, -0.15) is 0 Å². The Morgan fingerprint density at radius 1 is 1.19 bits per heavy atom. The van der Waals surface area contributed by atoms with Gasteiger partial charge in [0.25, 0.3) is 0 Å². The molecule has 0 spiro atoms. The Bertz CT molecular complexity index is 389. The lowest BCUT2D eigenvalue weighted by atomic mass is 9.75. The smallest absolute Gasteiger partial charge is 0.0399 e. The highest BCUT2D eigenvalue weighted by Crippen LogP contribution is 2.50. The highest BCUT2D eigenvalue weighted by Gasteiger charge is 2.52. The molecular formula is C14H22N2. The third kappa shape index (κ3) is 1.61. The van der Waals surface area contributed by atoms with E-state index >= 15 is 0 Å². The summed E-state index contributed by atoms with van der Waals surface area (Å²) < 4.78 is 0. The van der Waals surface area contributed by atoms with Gasteiger partial charge in [-0.05, 0) is 24.5 Å². The van der Waals surface area contributed by atoms with Crippen molar-refractivity contribution in [2.75, 3.05) is 19.0 Å². The summed E-state index contributed by atoms with van der Waals surface area (Å²) in [7, 11) is 4.18. The number of hydrogen-bond acceptors (Lipinski definition) is 2. The Labute approximate surface area is 98.4 Å². The summed E-state index contributed by atoms with van der Waals surface area (Å²) in [5.41, 5.74) is 9.10. The van der Waals surface area contributed by atoms with E-state index in [0.717, 1.165) is 12.8 Å². The van der Waals surface area contributed by atoms with Crippen LogP contribution in [-0.4, -0.2) is 19.6 Å². The number of para-hydroxylation sites is 1. The molecule has 0 amide bonds. The van der Waals surface area contributed by atoms with Gasteiger partial charge in [-0.1, -0.05) is 32.0 Å². The number of anilines is 1. The molecule has 1 fully saturated rings. The highest BCUT2D eigenvalue weighted by atomic mass is 15.1. The average Bonchev–Trinajstić information content (AvgIpc) is 2.98. The fourth-order valence-corrected chi connectivity index (χ4v) is 2.42. The fourth-order valence-electron chi connectivity index (χ4n) is 2.42. The van der Waals surface area contributed by atoms with Crippen LogP contribution in [0.2, 0.25) is 0 Å². The molecule has 1 aromatic rings. The molecule has 0 saturated heterocycles. The fraction of sp³-hybridized carbons (Fsp3) is 0.571. The predicted molar refractivity (Wildman–Crippen MR) is 69.9 cm³/mol. The topological polar surface area (TPSA) is 29.3 Å². The summed E-state index contributed by atoms with van der Waals surface area (Å²) in [6, 6.07) is 8.58. The standard InChI is InChI=1S/C14H22N2/c1-13(2,14(15)9-10-14)11-7-5-6-8-12(11)16(3)4/h5-8H,9-10,15H2,1-4H3. The van der Waals surface area contributed by atoms with Crippen LogP contribution in [0.4, 0.5) is 5.69 Å². The summed E-state index contributed by atoms with van der Waals surface area (Å²) in [6.07, 6.45) is 2.28. The molecule has 0 radical (unpaired) electrons. The van der Waals surface area contributed by atoms with Crippen LogP contribution >= 0.6 is 0 Å². The predicted octanol–water partition coefficient (Wildman–Crippen LogP) is 2.52. The zero-order chi connectivity index (χ0) is 12.0. The van der Waals surface area contributed by atoms with Gasteiger partial charge in [0, 0.05) is 30.7 Å². The van der Waals surface area contributed by atoms with E-state index in [2.05, 4.69) is 57.1 Å². The SMILES string of the molecule is CN(C)c1ccccc1C(C)(C)C1(N)CC1. The number of nitrogens with zero attached hydrogens (tertiary/aromatic N) is 1. The molecule has 2 N–H and O–H groups in total. The second kappa shape index (κ2) is 3.49. The minimum Gasteiger partial charge on any atom is -0.377 e. The van der Waals surface area contributed by atoms with Crippen LogP contribution in [0.5, 0.6) is 0 Å². The normalized spacial score (nSPS) is 18.3. The maximum Gasteiger partial charge on any atom is 0.0399 e. The van der Waals surface area contributed by atoms with Crippen molar-refractivity contribution in [1.82, 2.24) is 0 Å². The van der Waals surface area contributed by atoms with Crippen molar-refractivity contribution in [2.24, 2.45) is 5.73 Å². The van der Waals surface area contributed by atoms with E-state index in [1.807, 2.05) is 0 Å². The summed E-state index contributed by atoms with van der Waals surface area (Å²) in [5.74, 6) is 0. The van der Waals surface area contributed by atoms with Gasteiger partial charge in [-0.25, -0.2) is 0 Å². The Balaban J connectivity index is 2.47. The first-order valence-corrected chi connectivity index (χ1v) is 5.94. The van der Waals surface area contributed by atoms with Crippen LogP contribution in [0.3, 0.4) is 0 Å². The maximum absolute atomic E-state index is 6.41. The van der Waals surface area contributed by atoms with Crippen molar-refractivity contribution in [1.29, 1.82) is 0 Å². The third-order valence-corrected chi connectivity index (χ3v) is 4.09. The molecule has 0 unspecified atom stereocenters. The van der Waals surface area contributed by atoms with E-state index in [0.29, 0.717) is 0 Å². The van der Waals surface area contributed by atoms with Gasteiger partial charge in [0.15, 0.2) is 0 Å². The van der Waals surface area contributed by atoms with Gasteiger partial charge in [0.2, 0.25) is 0 Å². The quantitative estimate of drug-likeness (QED) is 0.844. The van der Waals surface area contributed by atoms with Crippen molar-refractivity contribution in [3.05, 3.63) is 29.8 Å². The second-order valence-corrected chi connectivity index (χ2v) is 5.69. The van der Waals surface area contributed by atoms with Crippen LogP contribution in [0.1, 0.15) is 32.3 Å². The van der Waals surface area contributed by atoms with E-state index in [9.17, 15) is 0 Å². The number of hydrogen-bond donors (Lipinski definition) is 1. The number of nitrogens with two attached hydrogens (primary N) is 1. The van der Waals surface area contributed by atoms with E-state index in [1.165, 1.54) is 11.3 Å². The van der Waals surface area contributed by atoms with Gasteiger partial charge < -0.3 is 10.6 Å². The first-order chi connectivity index (χ1) is 7.38. The Morgan fingerprint density at radius 2 is 1.75 bits per heavy atom. The lowest BCUT2D eigenvalue weighted by Crippen LogP contribution is -2.44. The van der Waals surface area contributed by atoms with Crippen LogP contribution in [-0.2, 0) is 5.41 Å². The van der Waals surface area contributed by atoms with Crippen molar-refractivity contribution in [3.8, 4) is 0 Å². The van der Waals surface area contributed by atoms with Crippen molar-refractivity contribution in [2.45, 2.75) is 37.6 Å². The minimum absolute atomic E-state index is 0.000880. The summed E-state index contributed by atoms with van der Waals surface area (Å²) >= 11 is 0. The minimum atomic E-state index is -0.000880. The van der Waals surface area contributed by atoms with Crippen molar-refractivity contribution in [3.63, 3.8) is 0 Å². The van der Waals surface area contributed by atoms with Gasteiger partial charge >= 0.3 is 0 Å². The van der Waals surface area contributed by atoms with Crippen LogP contribution in [0.15, 0.2) is 24.3 Å². The molecule has 0 bridgehead atoms. The highest BCUT2D eigenvalue weighted by molar-refractivity contribution is 5.57. The van der Waals surface area contributed by atoms with Crippen molar-refractivity contribution < 1.29 is 0 Å². The lowest BCUT2D eigenvalue weighted by molar-refractivity contribution is 0.391. The maximum atomic E-state index is 6.41. The molecule has 88 valence electrons. The molecule has 1 saturated carbocycles. The van der Waals surface area contributed by atoms with Crippen LogP contribution in [0.25, 0.3) is 0 Å². The molecule has 1 aliphatic rings. The van der Waals surface area contributed by atoms with E-state index in [-0.39, 0.29) is 11.0 Å². The molecule has 1 aromatic carbocycles. The number of rotatable bonds is 3.